The van der Waals surface area contributed by atoms with Crippen molar-refractivity contribution < 1.29 is 22.7 Å². The molecule has 1 N–H and O–H groups in total. The highest BCUT2D eigenvalue weighted by Crippen LogP contribution is 2.35. The van der Waals surface area contributed by atoms with E-state index in [1.54, 1.807) is 4.90 Å². The van der Waals surface area contributed by atoms with Crippen LogP contribution in [0, 0.1) is 0 Å². The zero-order valence-electron chi connectivity index (χ0n) is 22.9. The molecular weight excluding hydrogens is 606 g/mol. The van der Waals surface area contributed by atoms with Gasteiger partial charge in [0.05, 0.1) is 41.1 Å². The number of benzene rings is 1. The van der Waals surface area contributed by atoms with Crippen LogP contribution in [-0.4, -0.2) is 84.2 Å². The maximum atomic E-state index is 13.6. The number of nitrogens with one attached hydrogen (secondary N) is 1. The van der Waals surface area contributed by atoms with Gasteiger partial charge in [-0.15, -0.1) is 0 Å². The smallest absolute Gasteiger partial charge is 0.378 e. The Morgan fingerprint density at radius 1 is 0.907 bits per heavy atom. The Hall–Kier alpha value is -3.74. The molecule has 43 heavy (non-hydrogen) atoms. The molecule has 1 aromatic carbocycles. The predicted octanol–water partition coefficient (Wildman–Crippen LogP) is 5.32. The van der Waals surface area contributed by atoms with Crippen LogP contribution >= 0.6 is 23.2 Å². The lowest BCUT2D eigenvalue weighted by atomic mass is 10.1. The van der Waals surface area contributed by atoms with Crippen LogP contribution in [0.1, 0.15) is 5.56 Å². The van der Waals surface area contributed by atoms with Crippen LogP contribution in [0.25, 0.3) is 16.9 Å². The lowest BCUT2D eigenvalue weighted by Crippen LogP contribution is -2.50. The van der Waals surface area contributed by atoms with Gasteiger partial charge >= 0.3 is 6.18 Å². The van der Waals surface area contributed by atoms with E-state index < -0.39 is 11.7 Å². The van der Waals surface area contributed by atoms with E-state index in [0.29, 0.717) is 77.8 Å². The first-order chi connectivity index (χ1) is 20.7. The number of rotatable bonds is 6. The molecule has 2 aliphatic rings. The minimum atomic E-state index is -4.54. The van der Waals surface area contributed by atoms with Crippen LogP contribution in [0.5, 0.6) is 0 Å². The summed E-state index contributed by atoms with van der Waals surface area (Å²) in [5.74, 6) is 0.115. The molecule has 3 aromatic heterocycles. The first-order valence-corrected chi connectivity index (χ1v) is 14.5. The zero-order valence-corrected chi connectivity index (χ0v) is 24.5. The van der Waals surface area contributed by atoms with E-state index in [1.165, 1.54) is 22.9 Å². The van der Waals surface area contributed by atoms with Gasteiger partial charge in [0.2, 0.25) is 5.91 Å². The number of anilines is 3. The molecule has 4 aromatic rings. The maximum Gasteiger partial charge on any atom is 0.417 e. The third kappa shape index (κ3) is 6.17. The van der Waals surface area contributed by atoms with Crippen molar-refractivity contribution >= 4 is 51.9 Å². The maximum absolute atomic E-state index is 13.6. The van der Waals surface area contributed by atoms with Gasteiger partial charge in [-0.2, -0.15) is 13.2 Å². The number of hydrogen-bond acceptors (Lipinski definition) is 7. The predicted molar refractivity (Wildman–Crippen MR) is 160 cm³/mol. The van der Waals surface area contributed by atoms with Gasteiger partial charge < -0.3 is 24.8 Å². The molecule has 14 heteroatoms. The Morgan fingerprint density at radius 2 is 1.58 bits per heavy atom. The zero-order chi connectivity index (χ0) is 30.1. The molecule has 0 aliphatic carbocycles. The second-order valence-corrected chi connectivity index (χ2v) is 11.1. The number of amides is 1. The lowest BCUT2D eigenvalue weighted by Gasteiger charge is -2.36. The fourth-order valence-electron chi connectivity index (χ4n) is 5.39. The van der Waals surface area contributed by atoms with E-state index in [-0.39, 0.29) is 12.5 Å². The molecule has 0 atom stereocenters. The molecule has 0 spiro atoms. The van der Waals surface area contributed by atoms with E-state index in [9.17, 15) is 18.0 Å². The van der Waals surface area contributed by atoms with Gasteiger partial charge in [-0.3, -0.25) is 14.2 Å². The van der Waals surface area contributed by atoms with Crippen molar-refractivity contribution in [2.75, 3.05) is 74.1 Å². The molecule has 2 saturated heterocycles. The fourth-order valence-corrected chi connectivity index (χ4v) is 6.00. The number of ether oxygens (including phenoxy) is 1. The van der Waals surface area contributed by atoms with Crippen LogP contribution in [0.4, 0.5) is 30.4 Å². The largest absolute Gasteiger partial charge is 0.417 e. The first-order valence-electron chi connectivity index (χ1n) is 13.8. The summed E-state index contributed by atoms with van der Waals surface area (Å²) in [7, 11) is 0. The Labute approximate surface area is 255 Å². The van der Waals surface area contributed by atoms with Crippen molar-refractivity contribution in [1.82, 2.24) is 19.3 Å². The first kappa shape index (κ1) is 29.3. The molecule has 226 valence electrons. The summed E-state index contributed by atoms with van der Waals surface area (Å²) < 4.78 is 47.6. The van der Waals surface area contributed by atoms with E-state index in [0.717, 1.165) is 31.0 Å². The van der Waals surface area contributed by atoms with Crippen LogP contribution in [-0.2, 0) is 15.7 Å². The highest BCUT2D eigenvalue weighted by atomic mass is 35.5. The quantitative estimate of drug-likeness (QED) is 0.308. The highest BCUT2D eigenvalue weighted by molar-refractivity contribution is 6.38. The standard InChI is InChI=1S/C29H28Cl2F3N7O2/c30-22-15-35-16-23(31)27(22)40-9-7-39(8-10-40)25(42)17-36-28-26(37-24-6-3-20(18-41(24)28)29(32,33)34)19-1-4-21(5-2-19)38-11-13-43-14-12-38/h1-6,15-16,18,36H,7-14,17H2. The van der Waals surface area contributed by atoms with Crippen LogP contribution in [0.3, 0.4) is 0 Å². The van der Waals surface area contributed by atoms with Gasteiger partial charge in [0.15, 0.2) is 0 Å². The molecule has 6 rings (SSSR count). The number of piperazine rings is 1. The van der Waals surface area contributed by atoms with Gasteiger partial charge in [0.25, 0.3) is 0 Å². The molecule has 0 unspecified atom stereocenters. The lowest BCUT2D eigenvalue weighted by molar-refractivity contribution is -0.138. The highest BCUT2D eigenvalue weighted by Gasteiger charge is 2.32. The second kappa shape index (κ2) is 12.1. The third-order valence-electron chi connectivity index (χ3n) is 7.65. The van der Waals surface area contributed by atoms with Gasteiger partial charge in [-0.25, -0.2) is 4.98 Å². The number of halogens is 5. The van der Waals surface area contributed by atoms with Crippen molar-refractivity contribution in [2.45, 2.75) is 6.18 Å². The summed E-state index contributed by atoms with van der Waals surface area (Å²) in [6.45, 7) is 4.61. The molecule has 9 nitrogen and oxygen atoms in total. The SMILES string of the molecule is O=C(CNc1c(-c2ccc(N3CCOCC3)cc2)nc2ccc(C(F)(F)F)cn12)N1CCN(c2c(Cl)cncc2Cl)CC1. The summed E-state index contributed by atoms with van der Waals surface area (Å²) in [6, 6.07) is 10.0. The van der Waals surface area contributed by atoms with Crippen LogP contribution < -0.4 is 15.1 Å². The minimum Gasteiger partial charge on any atom is -0.378 e. The number of nitrogens with zero attached hydrogens (tertiary/aromatic N) is 6. The average Bonchev–Trinajstić information content (AvgIpc) is 3.38. The Morgan fingerprint density at radius 3 is 2.23 bits per heavy atom. The Kier molecular flexibility index (Phi) is 8.25. The van der Waals surface area contributed by atoms with E-state index in [2.05, 4.69) is 20.2 Å². The Bertz CT molecular complexity index is 1600. The van der Waals surface area contributed by atoms with Crippen LogP contribution in [0.2, 0.25) is 10.0 Å². The summed E-state index contributed by atoms with van der Waals surface area (Å²) in [5.41, 5.74) is 2.38. The summed E-state index contributed by atoms with van der Waals surface area (Å²) in [6.07, 6.45) is -0.483. The monoisotopic (exact) mass is 633 g/mol. The number of pyridine rings is 2. The van der Waals surface area contributed by atoms with Gasteiger partial charge in [0.1, 0.15) is 17.2 Å². The molecule has 2 fully saturated rings. The summed E-state index contributed by atoms with van der Waals surface area (Å²) in [5, 5.41) is 3.97. The van der Waals surface area contributed by atoms with E-state index >= 15 is 0 Å². The number of imidazole rings is 1. The topological polar surface area (TPSA) is 78.2 Å². The average molecular weight is 634 g/mol. The van der Waals surface area contributed by atoms with Gasteiger partial charge in [-0.1, -0.05) is 35.3 Å². The number of alkyl halides is 3. The van der Waals surface area contributed by atoms with Gasteiger partial charge in [0, 0.05) is 69.1 Å². The molecule has 0 bridgehead atoms. The van der Waals surface area contributed by atoms with Crippen molar-refractivity contribution in [3.05, 3.63) is 70.6 Å². The molecule has 0 saturated carbocycles. The van der Waals surface area contributed by atoms with Crippen molar-refractivity contribution in [1.29, 1.82) is 0 Å². The normalized spacial score (nSPS) is 16.2. The molecule has 2 aliphatic heterocycles. The number of hydrogen-bond donors (Lipinski definition) is 1. The summed E-state index contributed by atoms with van der Waals surface area (Å²) >= 11 is 12.6. The summed E-state index contributed by atoms with van der Waals surface area (Å²) in [4.78, 5) is 27.8. The van der Waals surface area contributed by atoms with E-state index in [1.807, 2.05) is 29.2 Å². The molecule has 1 amide bonds. The van der Waals surface area contributed by atoms with Crippen molar-refractivity contribution in [2.24, 2.45) is 0 Å². The second-order valence-electron chi connectivity index (χ2n) is 10.3. The number of carbonyl (C=O) groups is 1. The molecular formula is C29H28Cl2F3N7O2. The number of fused-ring (bicyclic) bond motifs is 1. The van der Waals surface area contributed by atoms with Crippen molar-refractivity contribution in [3.63, 3.8) is 0 Å². The number of aromatic nitrogens is 3. The third-order valence-corrected chi connectivity index (χ3v) is 8.20. The molecule has 5 heterocycles. The molecule has 0 radical (unpaired) electrons. The van der Waals surface area contributed by atoms with Gasteiger partial charge in [-0.05, 0) is 24.3 Å². The number of carbonyl (C=O) groups excluding carboxylic acids is 1. The Balaban J connectivity index is 1.22. The number of morpholine rings is 1. The van der Waals surface area contributed by atoms with Crippen LogP contribution in [0.15, 0.2) is 55.0 Å². The fraction of sp³-hybridized carbons (Fsp3) is 0.345. The van der Waals surface area contributed by atoms with Crippen molar-refractivity contribution in [3.8, 4) is 11.3 Å². The minimum absolute atomic E-state index is 0.125. The van der Waals surface area contributed by atoms with E-state index in [4.69, 9.17) is 27.9 Å².